The predicted molar refractivity (Wildman–Crippen MR) is 74.4 cm³/mol. The molecule has 0 saturated carbocycles. The molecule has 0 aliphatic rings. The zero-order valence-electron chi connectivity index (χ0n) is 11.8. The Labute approximate surface area is 127 Å². The molecule has 0 unspecified atom stereocenters. The van der Waals surface area contributed by atoms with Crippen molar-refractivity contribution in [3.05, 3.63) is 41.6 Å². The van der Waals surface area contributed by atoms with Crippen molar-refractivity contribution in [1.82, 2.24) is 5.10 Å². The Morgan fingerprint density at radius 1 is 1.36 bits per heavy atom. The molecule has 0 amide bonds. The van der Waals surface area contributed by atoms with Crippen molar-refractivity contribution in [1.29, 1.82) is 0 Å². The highest BCUT2D eigenvalue weighted by molar-refractivity contribution is 7.85. The molecule has 116 valence electrons. The fraction of sp³-hybridized carbons (Fsp3) is 0.154. The Morgan fingerprint density at radius 3 is 2.50 bits per heavy atom. The molecule has 1 heterocycles. The Kier molecular flexibility index (Phi) is 4.38. The highest BCUT2D eigenvalue weighted by Crippen LogP contribution is 2.14. The summed E-state index contributed by atoms with van der Waals surface area (Å²) < 4.78 is 40.0. The summed E-state index contributed by atoms with van der Waals surface area (Å²) in [4.78, 5) is 0. The van der Waals surface area contributed by atoms with Crippen LogP contribution in [0.15, 0.2) is 40.5 Å². The molecule has 0 aliphatic carbocycles. The summed E-state index contributed by atoms with van der Waals surface area (Å²) in [6.45, 7) is 1.44. The van der Waals surface area contributed by atoms with Crippen molar-refractivity contribution in [3.63, 3.8) is 0 Å². The number of hydrogen-bond acceptors (Lipinski definition) is 7. The minimum Gasteiger partial charge on any atom is -0.743 e. The van der Waals surface area contributed by atoms with Gasteiger partial charge in [0.05, 0.1) is 7.11 Å². The second kappa shape index (κ2) is 6.08. The Hall–Kier alpha value is -2.52. The summed E-state index contributed by atoms with van der Waals surface area (Å²) in [7, 11) is -3.21. The topological polar surface area (TPSA) is 116 Å². The Bertz CT molecular complexity index is 816. The van der Waals surface area contributed by atoms with Gasteiger partial charge < -0.3 is 14.5 Å². The lowest BCUT2D eigenvalue weighted by atomic mass is 10.2. The van der Waals surface area contributed by atoms with Gasteiger partial charge in [-0.15, -0.1) is 0 Å². The first-order valence-corrected chi connectivity index (χ1v) is 7.49. The van der Waals surface area contributed by atoms with Crippen LogP contribution in [0.1, 0.15) is 11.3 Å². The van der Waals surface area contributed by atoms with Crippen LogP contribution in [0.25, 0.3) is 5.69 Å². The summed E-state index contributed by atoms with van der Waals surface area (Å²) in [5.74, 6) is 0.602. The van der Waals surface area contributed by atoms with Gasteiger partial charge in [-0.25, -0.2) is 8.42 Å². The van der Waals surface area contributed by atoms with Crippen molar-refractivity contribution in [3.8, 4) is 11.4 Å². The van der Waals surface area contributed by atoms with Gasteiger partial charge in [0.25, 0.3) is 5.69 Å². The number of ether oxygens (including phenoxy) is 1. The third-order valence-electron chi connectivity index (χ3n) is 2.88. The SMILES string of the molecule is COc1ccc(-[n+]2nc(S(=O)(=O)[O-])c(C)cc2/C=N/O)cc1. The number of benzene rings is 1. The summed E-state index contributed by atoms with van der Waals surface area (Å²) in [6, 6.07) is 7.93. The second-order valence-electron chi connectivity index (χ2n) is 4.37. The quantitative estimate of drug-likeness (QED) is 0.286. The maximum Gasteiger partial charge on any atom is 0.260 e. The van der Waals surface area contributed by atoms with Crippen LogP contribution >= 0.6 is 0 Å². The van der Waals surface area contributed by atoms with Crippen LogP contribution in [0.5, 0.6) is 5.75 Å². The third-order valence-corrected chi connectivity index (χ3v) is 3.76. The van der Waals surface area contributed by atoms with E-state index < -0.39 is 15.1 Å². The number of rotatable bonds is 4. The fourth-order valence-electron chi connectivity index (χ4n) is 1.90. The summed E-state index contributed by atoms with van der Waals surface area (Å²) in [5, 5.41) is 14.9. The molecule has 8 nitrogen and oxygen atoms in total. The first-order valence-electron chi connectivity index (χ1n) is 6.08. The van der Waals surface area contributed by atoms with Crippen molar-refractivity contribution in [2.24, 2.45) is 5.16 Å². The molecule has 0 spiro atoms. The van der Waals surface area contributed by atoms with Gasteiger partial charge in [0.15, 0.2) is 0 Å². The van der Waals surface area contributed by atoms with Gasteiger partial charge in [0.1, 0.15) is 22.1 Å². The molecule has 2 aromatic rings. The lowest BCUT2D eigenvalue weighted by Gasteiger charge is -2.08. The summed E-state index contributed by atoms with van der Waals surface area (Å²) in [5.41, 5.74) is 0.938. The van der Waals surface area contributed by atoms with Crippen LogP contribution in [0, 0.1) is 6.92 Å². The van der Waals surface area contributed by atoms with E-state index in [1.807, 2.05) is 0 Å². The lowest BCUT2D eigenvalue weighted by Crippen LogP contribution is -2.41. The standard InChI is InChI=1S/C13H13N3O5S/c1-9-7-11(8-14-17)16(15-13(9)22(18,19)20)10-3-5-12(21-2)6-4-10/h3-8H,1-2H3,(H,18,19,20). The normalized spacial score (nSPS) is 11.8. The van der Waals surface area contributed by atoms with Crippen LogP contribution < -0.4 is 9.42 Å². The molecule has 2 rings (SSSR count). The zero-order valence-corrected chi connectivity index (χ0v) is 12.6. The summed E-state index contributed by atoms with van der Waals surface area (Å²) in [6.07, 6.45) is 1.09. The van der Waals surface area contributed by atoms with Crippen molar-refractivity contribution < 1.29 is 27.6 Å². The molecule has 0 saturated heterocycles. The number of methoxy groups -OCH3 is 1. The molecule has 0 bridgehead atoms. The van der Waals surface area contributed by atoms with E-state index in [1.54, 1.807) is 24.3 Å². The maximum absolute atomic E-state index is 11.3. The highest BCUT2D eigenvalue weighted by atomic mass is 32.2. The first kappa shape index (κ1) is 15.9. The highest BCUT2D eigenvalue weighted by Gasteiger charge is 2.22. The molecule has 0 aliphatic heterocycles. The fourth-order valence-corrected chi connectivity index (χ4v) is 2.54. The molecule has 0 fully saturated rings. The van der Waals surface area contributed by atoms with E-state index >= 15 is 0 Å². The Balaban J connectivity index is 2.70. The van der Waals surface area contributed by atoms with Gasteiger partial charge in [0, 0.05) is 23.3 Å². The van der Waals surface area contributed by atoms with Crippen molar-refractivity contribution in [2.45, 2.75) is 11.9 Å². The van der Waals surface area contributed by atoms with Crippen LogP contribution in [-0.2, 0) is 10.1 Å². The van der Waals surface area contributed by atoms with E-state index in [0.717, 1.165) is 6.21 Å². The molecule has 1 aromatic heterocycles. The molecule has 1 aromatic carbocycles. The van der Waals surface area contributed by atoms with Crippen molar-refractivity contribution in [2.75, 3.05) is 7.11 Å². The molecule has 22 heavy (non-hydrogen) atoms. The van der Waals surface area contributed by atoms with E-state index in [1.165, 1.54) is 24.8 Å². The lowest BCUT2D eigenvalue weighted by molar-refractivity contribution is -0.664. The number of nitrogens with zero attached hydrogens (tertiary/aromatic N) is 3. The first-order chi connectivity index (χ1) is 10.4. The zero-order chi connectivity index (χ0) is 16.3. The molecular weight excluding hydrogens is 310 g/mol. The van der Waals surface area contributed by atoms with E-state index in [-0.39, 0.29) is 5.56 Å². The maximum atomic E-state index is 11.3. The number of oxime groups is 1. The number of aryl methyl sites for hydroxylation is 1. The minimum absolute atomic E-state index is 0.162. The average Bonchev–Trinajstić information content (AvgIpc) is 2.47. The van der Waals surface area contributed by atoms with Gasteiger partial charge in [-0.2, -0.15) is 0 Å². The average molecular weight is 323 g/mol. The Morgan fingerprint density at radius 2 is 2.00 bits per heavy atom. The van der Waals surface area contributed by atoms with E-state index in [0.29, 0.717) is 17.1 Å². The largest absolute Gasteiger partial charge is 0.743 e. The molecule has 9 heteroatoms. The van der Waals surface area contributed by atoms with Crippen molar-refractivity contribution >= 4 is 16.3 Å². The molecule has 0 atom stereocenters. The smallest absolute Gasteiger partial charge is 0.260 e. The number of hydrogen-bond donors (Lipinski definition) is 1. The summed E-state index contributed by atoms with van der Waals surface area (Å²) >= 11 is 0. The second-order valence-corrected chi connectivity index (χ2v) is 5.66. The van der Waals surface area contributed by atoms with Crippen LogP contribution in [-0.4, -0.2) is 36.6 Å². The monoisotopic (exact) mass is 323 g/mol. The third kappa shape index (κ3) is 3.21. The van der Waals surface area contributed by atoms with Gasteiger partial charge in [0.2, 0.25) is 10.7 Å². The van der Waals surface area contributed by atoms with Gasteiger partial charge in [-0.1, -0.05) is 5.16 Å². The molecular formula is C13H13N3O5S. The van der Waals surface area contributed by atoms with E-state index in [9.17, 15) is 13.0 Å². The minimum atomic E-state index is -4.72. The molecule has 1 N–H and O–H groups in total. The van der Waals surface area contributed by atoms with Crippen LogP contribution in [0.3, 0.4) is 0 Å². The van der Waals surface area contributed by atoms with Gasteiger partial charge >= 0.3 is 0 Å². The van der Waals surface area contributed by atoms with Crippen LogP contribution in [0.2, 0.25) is 0 Å². The van der Waals surface area contributed by atoms with Gasteiger partial charge in [-0.05, 0) is 29.3 Å². The van der Waals surface area contributed by atoms with Gasteiger partial charge in [-0.3, -0.25) is 0 Å². The predicted octanol–water partition coefficient (Wildman–Crippen LogP) is 0.388. The van der Waals surface area contributed by atoms with Crippen LogP contribution in [0.4, 0.5) is 0 Å². The number of aromatic nitrogens is 2. The van der Waals surface area contributed by atoms with E-state index in [4.69, 9.17) is 9.94 Å². The molecule has 0 radical (unpaired) electrons. The van der Waals surface area contributed by atoms with E-state index in [2.05, 4.69) is 10.3 Å².